The lowest BCUT2D eigenvalue weighted by molar-refractivity contribution is -0.151. The summed E-state index contributed by atoms with van der Waals surface area (Å²) in [4.78, 5) is 26.1. The van der Waals surface area contributed by atoms with Gasteiger partial charge in [0.25, 0.3) is 0 Å². The maximum Gasteiger partial charge on any atom is 0.326 e. The standard InChI is InChI=1S/C17H27NO3/c1-11(9-12-5-2-3-6-12)16(19)18-10-13-7-4-8-14(13)15(18)17(20)21/h11-15H,2-10H2,1H3,(H,20,21). The Morgan fingerprint density at radius 1 is 1.14 bits per heavy atom. The van der Waals surface area contributed by atoms with E-state index in [-0.39, 0.29) is 17.7 Å². The maximum absolute atomic E-state index is 12.7. The number of fused-ring (bicyclic) bond motifs is 1. The SMILES string of the molecule is CC(CC1CCCC1)C(=O)N1CC2CCCC2C1C(=O)O. The first-order valence-electron chi connectivity index (χ1n) is 8.61. The van der Waals surface area contributed by atoms with E-state index < -0.39 is 12.0 Å². The number of carboxylic acids is 1. The summed E-state index contributed by atoms with van der Waals surface area (Å²) in [7, 11) is 0. The number of carboxylic acid groups (broad SMARTS) is 1. The van der Waals surface area contributed by atoms with Crippen LogP contribution in [0.3, 0.4) is 0 Å². The second-order valence-corrected chi connectivity index (χ2v) is 7.42. The van der Waals surface area contributed by atoms with Crippen LogP contribution in [0.2, 0.25) is 0 Å². The topological polar surface area (TPSA) is 57.6 Å². The molecule has 1 heterocycles. The van der Waals surface area contributed by atoms with Crippen molar-refractivity contribution in [3.63, 3.8) is 0 Å². The van der Waals surface area contributed by atoms with Crippen LogP contribution in [0.5, 0.6) is 0 Å². The Balaban J connectivity index is 1.66. The largest absolute Gasteiger partial charge is 0.480 e. The molecule has 21 heavy (non-hydrogen) atoms. The molecule has 0 aromatic carbocycles. The molecule has 4 unspecified atom stereocenters. The normalized spacial score (nSPS) is 34.1. The van der Waals surface area contributed by atoms with E-state index in [1.54, 1.807) is 4.90 Å². The van der Waals surface area contributed by atoms with E-state index in [0.717, 1.165) is 25.7 Å². The van der Waals surface area contributed by atoms with Crippen molar-refractivity contribution in [1.82, 2.24) is 4.90 Å². The van der Waals surface area contributed by atoms with Crippen molar-refractivity contribution >= 4 is 11.9 Å². The van der Waals surface area contributed by atoms with Crippen molar-refractivity contribution in [1.29, 1.82) is 0 Å². The lowest BCUT2D eigenvalue weighted by Crippen LogP contribution is -2.45. The van der Waals surface area contributed by atoms with Crippen LogP contribution in [-0.4, -0.2) is 34.5 Å². The highest BCUT2D eigenvalue weighted by atomic mass is 16.4. The third kappa shape index (κ3) is 2.82. The third-order valence-electron chi connectivity index (χ3n) is 6.01. The fourth-order valence-corrected chi connectivity index (χ4v) is 4.98. The second kappa shape index (κ2) is 5.98. The lowest BCUT2D eigenvalue weighted by Gasteiger charge is -2.28. The Morgan fingerprint density at radius 2 is 1.86 bits per heavy atom. The van der Waals surface area contributed by atoms with Gasteiger partial charge in [0.2, 0.25) is 5.91 Å². The molecule has 1 aliphatic heterocycles. The van der Waals surface area contributed by atoms with E-state index >= 15 is 0 Å². The minimum absolute atomic E-state index is 0.0197. The molecule has 4 heteroatoms. The van der Waals surface area contributed by atoms with E-state index in [9.17, 15) is 14.7 Å². The highest BCUT2D eigenvalue weighted by Gasteiger charge is 2.50. The first-order valence-corrected chi connectivity index (χ1v) is 8.61. The number of likely N-dealkylation sites (tertiary alicyclic amines) is 1. The van der Waals surface area contributed by atoms with Crippen molar-refractivity contribution in [2.75, 3.05) is 6.54 Å². The molecule has 0 aromatic heterocycles. The molecule has 3 rings (SSSR count). The second-order valence-electron chi connectivity index (χ2n) is 7.42. The van der Waals surface area contributed by atoms with E-state index in [1.165, 1.54) is 25.7 Å². The Labute approximate surface area is 126 Å². The third-order valence-corrected chi connectivity index (χ3v) is 6.01. The molecular formula is C17H27NO3. The number of hydrogen-bond donors (Lipinski definition) is 1. The van der Waals surface area contributed by atoms with Crippen molar-refractivity contribution in [3.8, 4) is 0 Å². The summed E-state index contributed by atoms with van der Waals surface area (Å²) in [6.45, 7) is 2.67. The maximum atomic E-state index is 12.7. The molecule has 0 spiro atoms. The number of carbonyl (C=O) groups excluding carboxylic acids is 1. The minimum atomic E-state index is -0.800. The van der Waals surface area contributed by atoms with Gasteiger partial charge in [0.15, 0.2) is 0 Å². The van der Waals surface area contributed by atoms with Crippen LogP contribution in [0.4, 0.5) is 0 Å². The zero-order valence-electron chi connectivity index (χ0n) is 13.0. The van der Waals surface area contributed by atoms with Crippen molar-refractivity contribution in [2.24, 2.45) is 23.7 Å². The Kier molecular flexibility index (Phi) is 4.23. The number of carbonyl (C=O) groups is 2. The van der Waals surface area contributed by atoms with Gasteiger partial charge in [-0.25, -0.2) is 4.79 Å². The smallest absolute Gasteiger partial charge is 0.326 e. The van der Waals surface area contributed by atoms with Crippen LogP contribution in [0.1, 0.15) is 58.3 Å². The van der Waals surface area contributed by atoms with Crippen molar-refractivity contribution in [2.45, 2.75) is 64.3 Å². The molecule has 4 atom stereocenters. The van der Waals surface area contributed by atoms with Gasteiger partial charge >= 0.3 is 5.97 Å². The number of aliphatic carboxylic acids is 1. The predicted molar refractivity (Wildman–Crippen MR) is 79.7 cm³/mol. The average Bonchev–Trinajstić information content (AvgIpc) is 3.12. The van der Waals surface area contributed by atoms with E-state index in [0.29, 0.717) is 18.4 Å². The van der Waals surface area contributed by atoms with Crippen molar-refractivity contribution < 1.29 is 14.7 Å². The summed E-state index contributed by atoms with van der Waals surface area (Å²) in [5.74, 6) is 0.566. The monoisotopic (exact) mass is 293 g/mol. The van der Waals surface area contributed by atoms with Crippen LogP contribution in [0.15, 0.2) is 0 Å². The van der Waals surface area contributed by atoms with Gasteiger partial charge in [0.1, 0.15) is 6.04 Å². The summed E-state index contributed by atoms with van der Waals surface area (Å²) in [5.41, 5.74) is 0. The molecule has 4 nitrogen and oxygen atoms in total. The molecule has 3 aliphatic rings. The van der Waals surface area contributed by atoms with Crippen LogP contribution in [0, 0.1) is 23.7 Å². The van der Waals surface area contributed by atoms with Crippen LogP contribution >= 0.6 is 0 Å². The Morgan fingerprint density at radius 3 is 2.52 bits per heavy atom. The molecule has 1 amide bonds. The summed E-state index contributed by atoms with van der Waals surface area (Å²) in [6.07, 6.45) is 9.19. The fourth-order valence-electron chi connectivity index (χ4n) is 4.98. The molecule has 0 bridgehead atoms. The summed E-state index contributed by atoms with van der Waals surface area (Å²) in [6, 6.07) is -0.559. The number of nitrogens with zero attached hydrogens (tertiary/aromatic N) is 1. The number of hydrogen-bond acceptors (Lipinski definition) is 2. The van der Waals surface area contributed by atoms with Gasteiger partial charge in [-0.05, 0) is 37.0 Å². The quantitative estimate of drug-likeness (QED) is 0.867. The van der Waals surface area contributed by atoms with Gasteiger partial charge in [-0.1, -0.05) is 39.0 Å². The lowest BCUT2D eigenvalue weighted by atomic mass is 9.92. The summed E-state index contributed by atoms with van der Waals surface area (Å²) < 4.78 is 0. The van der Waals surface area contributed by atoms with E-state index in [4.69, 9.17) is 0 Å². The zero-order valence-corrected chi connectivity index (χ0v) is 13.0. The van der Waals surface area contributed by atoms with Gasteiger partial charge in [-0.2, -0.15) is 0 Å². The molecule has 0 aromatic rings. The zero-order chi connectivity index (χ0) is 15.0. The Hall–Kier alpha value is -1.06. The average molecular weight is 293 g/mol. The molecule has 2 aliphatic carbocycles. The van der Waals surface area contributed by atoms with Gasteiger partial charge in [0.05, 0.1) is 0 Å². The molecule has 1 saturated heterocycles. The fraction of sp³-hybridized carbons (Fsp3) is 0.882. The first-order chi connectivity index (χ1) is 10.1. The molecule has 0 radical (unpaired) electrons. The summed E-state index contributed by atoms with van der Waals surface area (Å²) >= 11 is 0. The molecule has 118 valence electrons. The molecule has 3 fully saturated rings. The van der Waals surface area contributed by atoms with Crippen molar-refractivity contribution in [3.05, 3.63) is 0 Å². The van der Waals surface area contributed by atoms with Gasteiger partial charge in [-0.15, -0.1) is 0 Å². The predicted octanol–water partition coefficient (Wildman–Crippen LogP) is 2.91. The van der Waals surface area contributed by atoms with E-state index in [1.807, 2.05) is 6.92 Å². The Bertz CT molecular complexity index is 416. The highest BCUT2D eigenvalue weighted by molar-refractivity contribution is 5.86. The number of rotatable bonds is 4. The molecule has 2 saturated carbocycles. The highest BCUT2D eigenvalue weighted by Crippen LogP contribution is 2.43. The van der Waals surface area contributed by atoms with Gasteiger partial charge in [0, 0.05) is 12.5 Å². The van der Waals surface area contributed by atoms with Gasteiger partial charge in [-0.3, -0.25) is 4.79 Å². The van der Waals surface area contributed by atoms with Crippen LogP contribution in [0.25, 0.3) is 0 Å². The van der Waals surface area contributed by atoms with Crippen LogP contribution in [-0.2, 0) is 9.59 Å². The van der Waals surface area contributed by atoms with Crippen LogP contribution < -0.4 is 0 Å². The molecular weight excluding hydrogens is 266 g/mol. The first kappa shape index (κ1) is 14.9. The molecule has 1 N–H and O–H groups in total. The number of amides is 1. The summed E-state index contributed by atoms with van der Waals surface area (Å²) in [5, 5.41) is 9.55. The van der Waals surface area contributed by atoms with E-state index in [2.05, 4.69) is 0 Å². The van der Waals surface area contributed by atoms with Gasteiger partial charge < -0.3 is 10.0 Å². The minimum Gasteiger partial charge on any atom is -0.480 e.